The average Bonchev–Trinajstić information content (AvgIpc) is 2.35. The van der Waals surface area contributed by atoms with Crippen LogP contribution in [0.25, 0.3) is 0 Å². The second-order valence-electron chi connectivity index (χ2n) is 4.40. The molecule has 0 saturated heterocycles. The van der Waals surface area contributed by atoms with Gasteiger partial charge in [0.1, 0.15) is 0 Å². The van der Waals surface area contributed by atoms with Crippen LogP contribution >= 0.6 is 0 Å². The number of amides is 1. The molecular weight excluding hydrogens is 266 g/mol. The van der Waals surface area contributed by atoms with Gasteiger partial charge in [-0.25, -0.2) is 4.21 Å². The van der Waals surface area contributed by atoms with Crippen molar-refractivity contribution < 1.29 is 18.7 Å². The van der Waals surface area contributed by atoms with E-state index >= 15 is 0 Å². The quantitative estimate of drug-likeness (QED) is 0.699. The Bertz CT molecular complexity index is 460. The third-order valence-corrected chi connectivity index (χ3v) is 3.83. The van der Waals surface area contributed by atoms with Crippen LogP contribution in [-0.4, -0.2) is 19.8 Å². The SMILES string of the molecule is CCCCC(O)(c1ccc(NC(C)=O)cc1)S(=O)O. The van der Waals surface area contributed by atoms with Gasteiger partial charge in [0.2, 0.25) is 5.91 Å². The van der Waals surface area contributed by atoms with E-state index in [0.717, 1.165) is 6.42 Å². The van der Waals surface area contributed by atoms with E-state index in [0.29, 0.717) is 17.7 Å². The van der Waals surface area contributed by atoms with Crippen LogP contribution in [-0.2, 0) is 20.8 Å². The molecule has 0 spiro atoms. The smallest absolute Gasteiger partial charge is 0.221 e. The Labute approximate surface area is 115 Å². The van der Waals surface area contributed by atoms with E-state index in [-0.39, 0.29) is 12.3 Å². The molecule has 1 aromatic carbocycles. The highest BCUT2D eigenvalue weighted by Gasteiger charge is 2.35. The van der Waals surface area contributed by atoms with E-state index < -0.39 is 16.0 Å². The van der Waals surface area contributed by atoms with Gasteiger partial charge in [-0.3, -0.25) is 4.79 Å². The number of hydrogen-bond acceptors (Lipinski definition) is 3. The maximum absolute atomic E-state index is 11.4. The van der Waals surface area contributed by atoms with Gasteiger partial charge < -0.3 is 15.0 Å². The molecule has 0 fully saturated rings. The van der Waals surface area contributed by atoms with Crippen LogP contribution in [0, 0.1) is 0 Å². The van der Waals surface area contributed by atoms with Crippen LogP contribution in [0.2, 0.25) is 0 Å². The van der Waals surface area contributed by atoms with Crippen molar-refractivity contribution in [3.05, 3.63) is 29.8 Å². The molecule has 1 aromatic rings. The van der Waals surface area contributed by atoms with Gasteiger partial charge >= 0.3 is 0 Å². The zero-order valence-corrected chi connectivity index (χ0v) is 11.9. The number of anilines is 1. The van der Waals surface area contributed by atoms with Gasteiger partial charge in [-0.05, 0) is 30.5 Å². The molecule has 2 atom stereocenters. The molecule has 0 bridgehead atoms. The van der Waals surface area contributed by atoms with Crippen LogP contribution in [0.15, 0.2) is 24.3 Å². The highest BCUT2D eigenvalue weighted by Crippen LogP contribution is 2.30. The summed E-state index contributed by atoms with van der Waals surface area (Å²) in [5, 5.41) is 12.9. The first-order valence-corrected chi connectivity index (χ1v) is 7.22. The van der Waals surface area contributed by atoms with Crippen LogP contribution in [0.5, 0.6) is 0 Å². The van der Waals surface area contributed by atoms with E-state index in [1.807, 2.05) is 6.92 Å². The molecule has 1 amide bonds. The summed E-state index contributed by atoms with van der Waals surface area (Å²) in [6.07, 6.45) is 1.69. The van der Waals surface area contributed by atoms with Crippen LogP contribution in [0.3, 0.4) is 0 Å². The Morgan fingerprint density at radius 3 is 2.37 bits per heavy atom. The first-order chi connectivity index (χ1) is 8.90. The molecule has 6 heteroatoms. The molecule has 5 nitrogen and oxygen atoms in total. The number of carbonyl (C=O) groups is 1. The first kappa shape index (κ1) is 15.8. The number of rotatable bonds is 6. The second kappa shape index (κ2) is 6.79. The molecule has 0 heterocycles. The predicted molar refractivity (Wildman–Crippen MR) is 74.9 cm³/mol. The van der Waals surface area contributed by atoms with E-state index in [2.05, 4.69) is 5.32 Å². The van der Waals surface area contributed by atoms with Crippen molar-refractivity contribution in [2.24, 2.45) is 0 Å². The second-order valence-corrected chi connectivity index (χ2v) is 5.57. The van der Waals surface area contributed by atoms with Gasteiger partial charge in [0, 0.05) is 12.6 Å². The predicted octanol–water partition coefficient (Wildman–Crippen LogP) is 2.20. The minimum Gasteiger partial charge on any atom is -0.371 e. The summed E-state index contributed by atoms with van der Waals surface area (Å²) in [6, 6.07) is 6.30. The van der Waals surface area contributed by atoms with Gasteiger partial charge in [-0.2, -0.15) is 0 Å². The Morgan fingerprint density at radius 2 is 1.95 bits per heavy atom. The Morgan fingerprint density at radius 1 is 1.37 bits per heavy atom. The summed E-state index contributed by atoms with van der Waals surface area (Å²) in [5.74, 6) is -0.195. The molecular formula is C13H19NO4S. The van der Waals surface area contributed by atoms with Crippen LogP contribution in [0.1, 0.15) is 38.7 Å². The third kappa shape index (κ3) is 4.12. The van der Waals surface area contributed by atoms with Gasteiger partial charge in [-0.1, -0.05) is 25.5 Å². The largest absolute Gasteiger partial charge is 0.371 e. The van der Waals surface area contributed by atoms with Crippen molar-refractivity contribution in [3.63, 3.8) is 0 Å². The molecule has 3 N–H and O–H groups in total. The average molecular weight is 285 g/mol. The number of unbranched alkanes of at least 4 members (excludes halogenated alkanes) is 1. The lowest BCUT2D eigenvalue weighted by Gasteiger charge is -2.24. The van der Waals surface area contributed by atoms with Gasteiger partial charge in [0.05, 0.1) is 0 Å². The van der Waals surface area contributed by atoms with Gasteiger partial charge in [-0.15, -0.1) is 0 Å². The van der Waals surface area contributed by atoms with Crippen molar-refractivity contribution in [2.75, 3.05) is 5.32 Å². The van der Waals surface area contributed by atoms with Crippen molar-refractivity contribution in [3.8, 4) is 0 Å². The van der Waals surface area contributed by atoms with Crippen molar-refractivity contribution in [1.82, 2.24) is 0 Å². The van der Waals surface area contributed by atoms with E-state index in [1.54, 1.807) is 24.3 Å². The lowest BCUT2D eigenvalue weighted by Crippen LogP contribution is -2.30. The number of nitrogens with one attached hydrogen (secondary N) is 1. The highest BCUT2D eigenvalue weighted by molar-refractivity contribution is 7.80. The van der Waals surface area contributed by atoms with Crippen molar-refractivity contribution in [1.29, 1.82) is 0 Å². The van der Waals surface area contributed by atoms with Crippen molar-refractivity contribution >= 4 is 22.7 Å². The summed E-state index contributed by atoms with van der Waals surface area (Å²) in [5.41, 5.74) is 0.952. The molecule has 0 saturated carbocycles. The fraction of sp³-hybridized carbons (Fsp3) is 0.462. The molecule has 0 radical (unpaired) electrons. The molecule has 0 aliphatic heterocycles. The van der Waals surface area contributed by atoms with Crippen LogP contribution in [0.4, 0.5) is 5.69 Å². The monoisotopic (exact) mass is 285 g/mol. The number of carbonyl (C=O) groups excluding carboxylic acids is 1. The molecule has 2 unspecified atom stereocenters. The maximum Gasteiger partial charge on any atom is 0.221 e. The topological polar surface area (TPSA) is 86.6 Å². The van der Waals surface area contributed by atoms with Gasteiger partial charge in [0.25, 0.3) is 0 Å². The third-order valence-electron chi connectivity index (χ3n) is 2.81. The molecule has 0 aromatic heterocycles. The minimum absolute atomic E-state index is 0.195. The maximum atomic E-state index is 11.4. The molecule has 19 heavy (non-hydrogen) atoms. The fourth-order valence-corrected chi connectivity index (χ4v) is 2.42. The Hall–Kier alpha value is -1.24. The zero-order valence-electron chi connectivity index (χ0n) is 11.0. The number of hydrogen-bond donors (Lipinski definition) is 3. The summed E-state index contributed by atoms with van der Waals surface area (Å²) >= 11 is -2.37. The lowest BCUT2D eigenvalue weighted by molar-refractivity contribution is -0.114. The van der Waals surface area contributed by atoms with Crippen LogP contribution < -0.4 is 5.32 Å². The summed E-state index contributed by atoms with van der Waals surface area (Å²) in [6.45, 7) is 3.34. The lowest BCUT2D eigenvalue weighted by atomic mass is 10.0. The summed E-state index contributed by atoms with van der Waals surface area (Å²) < 4.78 is 20.7. The molecule has 0 aliphatic carbocycles. The summed E-state index contributed by atoms with van der Waals surface area (Å²) in [7, 11) is 0. The standard InChI is InChI=1S/C13H19NO4S/c1-3-4-9-13(16,19(17)18)11-5-7-12(8-6-11)14-10(2)15/h5-8,16H,3-4,9H2,1-2H3,(H,14,15)(H,17,18). The van der Waals surface area contributed by atoms with E-state index in [9.17, 15) is 18.7 Å². The summed E-state index contributed by atoms with van der Waals surface area (Å²) in [4.78, 5) is 9.14. The minimum atomic E-state index is -2.37. The van der Waals surface area contributed by atoms with E-state index in [1.165, 1.54) is 6.92 Å². The Kier molecular flexibility index (Phi) is 5.65. The normalized spacial score (nSPS) is 15.6. The number of benzene rings is 1. The molecule has 0 aliphatic rings. The highest BCUT2D eigenvalue weighted by atomic mass is 32.2. The first-order valence-electron chi connectivity index (χ1n) is 6.11. The zero-order chi connectivity index (χ0) is 14.5. The fourth-order valence-electron chi connectivity index (χ4n) is 1.77. The Balaban J connectivity index is 2.97. The van der Waals surface area contributed by atoms with Gasteiger partial charge in [0.15, 0.2) is 16.0 Å². The molecule has 1 rings (SSSR count). The van der Waals surface area contributed by atoms with E-state index in [4.69, 9.17) is 0 Å². The van der Waals surface area contributed by atoms with Crippen molar-refractivity contribution in [2.45, 2.75) is 38.0 Å². The number of aliphatic hydroxyl groups is 1. The molecule has 106 valence electrons.